The average Bonchev–Trinajstić information content (AvgIpc) is 2.51. The lowest BCUT2D eigenvalue weighted by molar-refractivity contribution is -0.120. The van der Waals surface area contributed by atoms with Gasteiger partial charge in [0, 0.05) is 21.6 Å². The largest absolute Gasteiger partial charge is 0.350 e. The van der Waals surface area contributed by atoms with Crippen molar-refractivity contribution in [2.75, 3.05) is 6.54 Å². The fourth-order valence-corrected chi connectivity index (χ4v) is 2.25. The van der Waals surface area contributed by atoms with E-state index in [0.717, 1.165) is 10.0 Å². The normalized spacial score (nSPS) is 10.1. The summed E-state index contributed by atoms with van der Waals surface area (Å²) in [6.07, 6.45) is 0. The van der Waals surface area contributed by atoms with Crippen LogP contribution in [0.2, 0.25) is 5.02 Å². The van der Waals surface area contributed by atoms with E-state index in [9.17, 15) is 9.59 Å². The molecule has 22 heavy (non-hydrogen) atoms. The van der Waals surface area contributed by atoms with E-state index >= 15 is 0 Å². The molecule has 0 aliphatic rings. The van der Waals surface area contributed by atoms with Crippen LogP contribution in [-0.2, 0) is 11.3 Å². The van der Waals surface area contributed by atoms with Gasteiger partial charge in [-0.3, -0.25) is 9.59 Å². The molecule has 2 aromatic carbocycles. The molecule has 0 aliphatic heterocycles. The summed E-state index contributed by atoms with van der Waals surface area (Å²) < 4.78 is 0.892. The zero-order valence-corrected chi connectivity index (χ0v) is 13.9. The molecule has 6 heteroatoms. The fourth-order valence-electron chi connectivity index (χ4n) is 1.77. The molecule has 2 aromatic rings. The molecule has 0 unspecified atom stereocenters. The number of rotatable bonds is 5. The predicted octanol–water partition coefficient (Wildman–Crippen LogP) is 3.15. The lowest BCUT2D eigenvalue weighted by atomic mass is 10.2. The molecule has 0 spiro atoms. The van der Waals surface area contributed by atoms with Crippen LogP contribution in [0.15, 0.2) is 53.0 Å². The van der Waals surface area contributed by atoms with Gasteiger partial charge < -0.3 is 10.6 Å². The molecule has 2 rings (SSSR count). The Morgan fingerprint density at radius 2 is 1.77 bits per heavy atom. The Labute approximate surface area is 142 Å². The van der Waals surface area contributed by atoms with Crippen LogP contribution in [0, 0.1) is 0 Å². The molecular formula is C16H14BrClN2O2. The molecule has 0 saturated heterocycles. The van der Waals surface area contributed by atoms with E-state index in [2.05, 4.69) is 26.6 Å². The van der Waals surface area contributed by atoms with Crippen molar-refractivity contribution in [1.29, 1.82) is 0 Å². The van der Waals surface area contributed by atoms with Crippen molar-refractivity contribution in [3.05, 3.63) is 69.2 Å². The summed E-state index contributed by atoms with van der Waals surface area (Å²) in [5, 5.41) is 5.92. The van der Waals surface area contributed by atoms with Crippen molar-refractivity contribution in [2.24, 2.45) is 0 Å². The fraction of sp³-hybridized carbons (Fsp3) is 0.125. The van der Waals surface area contributed by atoms with E-state index in [0.29, 0.717) is 17.1 Å². The van der Waals surface area contributed by atoms with Gasteiger partial charge >= 0.3 is 0 Å². The first-order chi connectivity index (χ1) is 10.5. The van der Waals surface area contributed by atoms with E-state index in [4.69, 9.17) is 11.6 Å². The SMILES string of the molecule is O=C(CNC(=O)c1ccc(Br)cc1)NCc1cccc(Cl)c1. The molecule has 0 saturated carbocycles. The Morgan fingerprint density at radius 3 is 2.45 bits per heavy atom. The van der Waals surface area contributed by atoms with Gasteiger partial charge in [-0.15, -0.1) is 0 Å². The van der Waals surface area contributed by atoms with Crippen molar-refractivity contribution >= 4 is 39.3 Å². The zero-order valence-electron chi connectivity index (χ0n) is 11.6. The second-order valence-electron chi connectivity index (χ2n) is 4.60. The molecule has 4 nitrogen and oxygen atoms in total. The van der Waals surface area contributed by atoms with Crippen LogP contribution >= 0.6 is 27.5 Å². The highest BCUT2D eigenvalue weighted by Gasteiger charge is 2.07. The summed E-state index contributed by atoms with van der Waals surface area (Å²) in [7, 11) is 0. The van der Waals surface area contributed by atoms with Gasteiger partial charge in [0.1, 0.15) is 0 Å². The number of nitrogens with one attached hydrogen (secondary N) is 2. The summed E-state index contributed by atoms with van der Waals surface area (Å²) in [5.74, 6) is -0.546. The van der Waals surface area contributed by atoms with Crippen LogP contribution < -0.4 is 10.6 Å². The second-order valence-corrected chi connectivity index (χ2v) is 5.95. The Morgan fingerprint density at radius 1 is 1.05 bits per heavy atom. The summed E-state index contributed by atoms with van der Waals surface area (Å²) >= 11 is 9.17. The third kappa shape index (κ3) is 5.16. The smallest absolute Gasteiger partial charge is 0.251 e. The summed E-state index contributed by atoms with van der Waals surface area (Å²) in [6.45, 7) is 0.295. The van der Waals surface area contributed by atoms with Crippen LogP contribution in [0.1, 0.15) is 15.9 Å². The van der Waals surface area contributed by atoms with Crippen molar-refractivity contribution in [1.82, 2.24) is 10.6 Å². The van der Waals surface area contributed by atoms with Crippen LogP contribution in [0.5, 0.6) is 0 Å². The first-order valence-corrected chi connectivity index (χ1v) is 7.76. The number of hydrogen-bond donors (Lipinski definition) is 2. The lowest BCUT2D eigenvalue weighted by Crippen LogP contribution is -2.36. The number of carbonyl (C=O) groups is 2. The summed E-state index contributed by atoms with van der Waals surface area (Å²) in [4.78, 5) is 23.6. The standard InChI is InChI=1S/C16H14BrClN2O2/c17-13-6-4-12(5-7-13)16(22)20-10-15(21)19-9-11-2-1-3-14(18)8-11/h1-8H,9-10H2,(H,19,21)(H,20,22). The summed E-state index contributed by atoms with van der Waals surface area (Å²) in [6, 6.07) is 14.1. The van der Waals surface area contributed by atoms with E-state index in [-0.39, 0.29) is 18.4 Å². The number of halogens is 2. The molecule has 0 atom stereocenters. The molecular weight excluding hydrogens is 368 g/mol. The zero-order chi connectivity index (χ0) is 15.9. The maximum atomic E-state index is 11.9. The topological polar surface area (TPSA) is 58.2 Å². The van der Waals surface area contributed by atoms with E-state index in [1.165, 1.54) is 0 Å². The van der Waals surface area contributed by atoms with Crippen molar-refractivity contribution in [3.63, 3.8) is 0 Å². The number of hydrogen-bond acceptors (Lipinski definition) is 2. The maximum Gasteiger partial charge on any atom is 0.251 e. The third-order valence-corrected chi connectivity index (χ3v) is 3.66. The first-order valence-electron chi connectivity index (χ1n) is 6.59. The second kappa shape index (κ2) is 7.96. The Kier molecular flexibility index (Phi) is 5.98. The van der Waals surface area contributed by atoms with Crippen LogP contribution in [-0.4, -0.2) is 18.4 Å². The molecule has 2 amide bonds. The van der Waals surface area contributed by atoms with Crippen molar-refractivity contribution < 1.29 is 9.59 Å². The number of carbonyl (C=O) groups excluding carboxylic acids is 2. The Hall–Kier alpha value is -1.85. The Balaban J connectivity index is 1.78. The highest BCUT2D eigenvalue weighted by Crippen LogP contribution is 2.11. The minimum atomic E-state index is -0.287. The monoisotopic (exact) mass is 380 g/mol. The van der Waals surface area contributed by atoms with Gasteiger partial charge in [0.25, 0.3) is 5.91 Å². The lowest BCUT2D eigenvalue weighted by Gasteiger charge is -2.07. The van der Waals surface area contributed by atoms with Crippen LogP contribution in [0.4, 0.5) is 0 Å². The average molecular weight is 382 g/mol. The molecule has 2 N–H and O–H groups in total. The van der Waals surface area contributed by atoms with Crippen molar-refractivity contribution in [3.8, 4) is 0 Å². The summed E-state index contributed by atoms with van der Waals surface area (Å²) in [5.41, 5.74) is 1.41. The molecule has 0 fully saturated rings. The minimum Gasteiger partial charge on any atom is -0.350 e. The molecule has 0 heterocycles. The maximum absolute atomic E-state index is 11.9. The number of amides is 2. The Bertz CT molecular complexity index is 674. The van der Waals surface area contributed by atoms with E-state index in [1.807, 2.05) is 12.1 Å². The molecule has 0 aliphatic carbocycles. The third-order valence-electron chi connectivity index (χ3n) is 2.89. The molecule has 0 radical (unpaired) electrons. The quantitative estimate of drug-likeness (QED) is 0.836. The van der Waals surface area contributed by atoms with Gasteiger partial charge in [0.15, 0.2) is 0 Å². The number of benzene rings is 2. The molecule has 114 valence electrons. The van der Waals surface area contributed by atoms with Gasteiger partial charge in [0.05, 0.1) is 6.54 Å². The van der Waals surface area contributed by atoms with Crippen LogP contribution in [0.25, 0.3) is 0 Å². The highest BCUT2D eigenvalue weighted by atomic mass is 79.9. The van der Waals surface area contributed by atoms with Crippen molar-refractivity contribution in [2.45, 2.75) is 6.54 Å². The van der Waals surface area contributed by atoms with Gasteiger partial charge in [-0.05, 0) is 42.0 Å². The first kappa shape index (κ1) is 16.5. The molecule has 0 bridgehead atoms. The van der Waals surface area contributed by atoms with Gasteiger partial charge in [-0.2, -0.15) is 0 Å². The van der Waals surface area contributed by atoms with Gasteiger partial charge in [0.2, 0.25) is 5.91 Å². The van der Waals surface area contributed by atoms with E-state index in [1.54, 1.807) is 36.4 Å². The van der Waals surface area contributed by atoms with Crippen LogP contribution in [0.3, 0.4) is 0 Å². The molecule has 0 aromatic heterocycles. The van der Waals surface area contributed by atoms with Gasteiger partial charge in [-0.25, -0.2) is 0 Å². The van der Waals surface area contributed by atoms with E-state index < -0.39 is 0 Å². The predicted molar refractivity (Wildman–Crippen MR) is 89.8 cm³/mol. The highest BCUT2D eigenvalue weighted by molar-refractivity contribution is 9.10. The minimum absolute atomic E-state index is 0.0739. The van der Waals surface area contributed by atoms with Gasteiger partial charge in [-0.1, -0.05) is 39.7 Å².